The molecule has 0 aromatic carbocycles. The monoisotopic (exact) mass is 283 g/mol. The van der Waals surface area contributed by atoms with Gasteiger partial charge in [0.1, 0.15) is 0 Å². The number of thiophene rings is 1. The Kier molecular flexibility index (Phi) is 3.63. The largest absolute Gasteiger partial charge is 0.420 e. The molecule has 0 aliphatic heterocycles. The van der Waals surface area contributed by atoms with Crippen LogP contribution in [-0.2, 0) is 6.42 Å². The first kappa shape index (κ1) is 12.1. The van der Waals surface area contributed by atoms with Gasteiger partial charge in [-0.05, 0) is 37.9 Å². The molecule has 1 aliphatic rings. The van der Waals surface area contributed by atoms with Crippen molar-refractivity contribution in [3.63, 3.8) is 0 Å². The first-order valence-electron chi connectivity index (χ1n) is 6.13. The third-order valence-corrected chi connectivity index (χ3v) is 4.05. The van der Waals surface area contributed by atoms with E-state index >= 15 is 0 Å². The summed E-state index contributed by atoms with van der Waals surface area (Å²) in [7, 11) is 0. The topological polar surface area (TPSA) is 51.0 Å². The second kappa shape index (κ2) is 5.38. The van der Waals surface area contributed by atoms with Crippen LogP contribution in [0.3, 0.4) is 0 Å². The van der Waals surface area contributed by atoms with E-state index in [1.165, 1.54) is 24.2 Å². The Bertz CT molecular complexity index is 521. The number of hydrogen-bond donors (Lipinski definition) is 1. The average Bonchev–Trinajstić information content (AvgIpc) is 2.88. The fraction of sp³-hybridized carbons (Fsp3) is 0.500. The number of aromatic nitrogens is 2. The molecule has 96 valence electrons. The summed E-state index contributed by atoms with van der Waals surface area (Å²) in [4.78, 5) is 0.926. The van der Waals surface area contributed by atoms with Gasteiger partial charge in [-0.3, -0.25) is 0 Å². The Labute approximate surface area is 114 Å². The second-order valence-electron chi connectivity index (χ2n) is 4.44. The number of halogens is 1. The van der Waals surface area contributed by atoms with Gasteiger partial charge in [-0.2, -0.15) is 0 Å². The van der Waals surface area contributed by atoms with Crippen molar-refractivity contribution in [3.05, 3.63) is 22.4 Å². The van der Waals surface area contributed by atoms with Gasteiger partial charge in [0.05, 0.1) is 9.21 Å². The zero-order valence-corrected chi connectivity index (χ0v) is 11.4. The van der Waals surface area contributed by atoms with E-state index in [2.05, 4.69) is 15.5 Å². The van der Waals surface area contributed by atoms with Crippen molar-refractivity contribution in [1.29, 1.82) is 0 Å². The second-order valence-corrected chi connectivity index (χ2v) is 6.15. The number of nitrogens with one attached hydrogen (secondary N) is 1. The molecule has 1 fully saturated rings. The standard InChI is InChI=1S/C12H14ClN3OS/c13-10-6-5-9(18-10)12-16-15-11(17-12)2-1-7-14-8-3-4-8/h5-6,8,14H,1-4,7H2. The predicted molar refractivity (Wildman–Crippen MR) is 72.0 cm³/mol. The maximum absolute atomic E-state index is 5.88. The molecule has 2 heterocycles. The van der Waals surface area contributed by atoms with Gasteiger partial charge in [0.25, 0.3) is 5.89 Å². The molecule has 1 N–H and O–H groups in total. The first-order valence-corrected chi connectivity index (χ1v) is 7.32. The Morgan fingerprint density at radius 2 is 2.28 bits per heavy atom. The molecule has 0 bridgehead atoms. The van der Waals surface area contributed by atoms with Crippen molar-refractivity contribution in [3.8, 4) is 10.8 Å². The fourth-order valence-corrected chi connectivity index (χ4v) is 2.68. The summed E-state index contributed by atoms with van der Waals surface area (Å²) in [6.07, 6.45) is 4.50. The number of hydrogen-bond acceptors (Lipinski definition) is 5. The number of aryl methyl sites for hydroxylation is 1. The molecule has 2 aromatic heterocycles. The average molecular weight is 284 g/mol. The van der Waals surface area contributed by atoms with E-state index in [9.17, 15) is 0 Å². The Balaban J connectivity index is 1.52. The molecule has 2 aromatic rings. The highest BCUT2D eigenvalue weighted by atomic mass is 35.5. The third-order valence-electron chi connectivity index (χ3n) is 2.83. The Morgan fingerprint density at radius 3 is 3.00 bits per heavy atom. The van der Waals surface area contributed by atoms with Gasteiger partial charge >= 0.3 is 0 Å². The van der Waals surface area contributed by atoms with Crippen LogP contribution in [-0.4, -0.2) is 22.8 Å². The van der Waals surface area contributed by atoms with Crippen LogP contribution in [0.15, 0.2) is 16.5 Å². The van der Waals surface area contributed by atoms with E-state index in [-0.39, 0.29) is 0 Å². The van der Waals surface area contributed by atoms with E-state index in [4.69, 9.17) is 16.0 Å². The van der Waals surface area contributed by atoms with Crippen molar-refractivity contribution in [2.45, 2.75) is 31.7 Å². The summed E-state index contributed by atoms with van der Waals surface area (Å²) >= 11 is 7.33. The molecule has 0 radical (unpaired) electrons. The van der Waals surface area contributed by atoms with E-state index < -0.39 is 0 Å². The van der Waals surface area contributed by atoms with Gasteiger partial charge < -0.3 is 9.73 Å². The molecule has 1 aliphatic carbocycles. The van der Waals surface area contributed by atoms with Crippen LogP contribution in [0.5, 0.6) is 0 Å². The van der Waals surface area contributed by atoms with Crippen LogP contribution >= 0.6 is 22.9 Å². The number of nitrogens with zero attached hydrogens (tertiary/aromatic N) is 2. The lowest BCUT2D eigenvalue weighted by atomic mass is 10.3. The minimum Gasteiger partial charge on any atom is -0.420 e. The van der Waals surface area contributed by atoms with Crippen LogP contribution in [0.4, 0.5) is 0 Å². The van der Waals surface area contributed by atoms with E-state index in [1.807, 2.05) is 12.1 Å². The maximum atomic E-state index is 5.88. The van der Waals surface area contributed by atoms with Crippen LogP contribution in [0.25, 0.3) is 10.8 Å². The zero-order chi connectivity index (χ0) is 12.4. The highest BCUT2D eigenvalue weighted by Gasteiger charge is 2.19. The quantitative estimate of drug-likeness (QED) is 0.828. The van der Waals surface area contributed by atoms with Gasteiger partial charge in [0.2, 0.25) is 5.89 Å². The first-order chi connectivity index (χ1) is 8.81. The van der Waals surface area contributed by atoms with E-state index in [1.54, 1.807) is 0 Å². The van der Waals surface area contributed by atoms with E-state index in [0.29, 0.717) is 11.8 Å². The molecule has 0 unspecified atom stereocenters. The summed E-state index contributed by atoms with van der Waals surface area (Å²) < 4.78 is 6.34. The third kappa shape index (κ3) is 3.10. The molecular formula is C12H14ClN3OS. The van der Waals surface area contributed by atoms with E-state index in [0.717, 1.165) is 34.6 Å². The predicted octanol–water partition coefficient (Wildman–Crippen LogP) is 3.14. The minimum atomic E-state index is 0.567. The smallest absolute Gasteiger partial charge is 0.257 e. The molecule has 3 rings (SSSR count). The molecule has 0 spiro atoms. The van der Waals surface area contributed by atoms with Crippen LogP contribution in [0.1, 0.15) is 25.2 Å². The SMILES string of the molecule is Clc1ccc(-c2nnc(CCCNC3CC3)o2)s1. The normalized spacial score (nSPS) is 15.2. The molecule has 0 saturated heterocycles. The zero-order valence-electron chi connectivity index (χ0n) is 9.86. The lowest BCUT2D eigenvalue weighted by Crippen LogP contribution is -2.17. The van der Waals surface area contributed by atoms with Gasteiger partial charge in [0.15, 0.2) is 0 Å². The molecule has 0 atom stereocenters. The highest BCUT2D eigenvalue weighted by Crippen LogP contribution is 2.30. The summed E-state index contributed by atoms with van der Waals surface area (Å²) in [6.45, 7) is 1.02. The summed E-state index contributed by atoms with van der Waals surface area (Å²) in [5.41, 5.74) is 0. The lowest BCUT2D eigenvalue weighted by molar-refractivity contribution is 0.491. The molecular weight excluding hydrogens is 270 g/mol. The van der Waals surface area contributed by atoms with Crippen molar-refractivity contribution in [2.24, 2.45) is 0 Å². The Hall–Kier alpha value is -0.910. The van der Waals surface area contributed by atoms with Gasteiger partial charge in [0, 0.05) is 12.5 Å². The fourth-order valence-electron chi connectivity index (χ4n) is 1.72. The van der Waals surface area contributed by atoms with Crippen LogP contribution in [0, 0.1) is 0 Å². The summed E-state index contributed by atoms with van der Waals surface area (Å²) in [6, 6.07) is 4.50. The number of rotatable bonds is 6. The summed E-state index contributed by atoms with van der Waals surface area (Å²) in [5, 5.41) is 11.6. The van der Waals surface area contributed by atoms with Gasteiger partial charge in [-0.15, -0.1) is 21.5 Å². The van der Waals surface area contributed by atoms with Gasteiger partial charge in [-0.1, -0.05) is 11.6 Å². The van der Waals surface area contributed by atoms with Crippen molar-refractivity contribution in [2.75, 3.05) is 6.54 Å². The Morgan fingerprint density at radius 1 is 1.39 bits per heavy atom. The van der Waals surface area contributed by atoms with Gasteiger partial charge in [-0.25, -0.2) is 0 Å². The van der Waals surface area contributed by atoms with Crippen LogP contribution < -0.4 is 5.32 Å². The highest BCUT2D eigenvalue weighted by molar-refractivity contribution is 7.19. The molecule has 4 nitrogen and oxygen atoms in total. The molecule has 6 heteroatoms. The molecule has 1 saturated carbocycles. The van der Waals surface area contributed by atoms with Crippen molar-refractivity contribution < 1.29 is 4.42 Å². The molecule has 0 amide bonds. The lowest BCUT2D eigenvalue weighted by Gasteiger charge is -1.99. The van der Waals surface area contributed by atoms with Crippen LogP contribution in [0.2, 0.25) is 4.34 Å². The summed E-state index contributed by atoms with van der Waals surface area (Å²) in [5.74, 6) is 1.27. The maximum Gasteiger partial charge on any atom is 0.257 e. The minimum absolute atomic E-state index is 0.567. The van der Waals surface area contributed by atoms with Crippen molar-refractivity contribution in [1.82, 2.24) is 15.5 Å². The van der Waals surface area contributed by atoms with Crippen molar-refractivity contribution >= 4 is 22.9 Å². The molecule has 18 heavy (non-hydrogen) atoms.